The molecule has 118 valence electrons. The number of carbonyl (C=O) groups is 3. The fourth-order valence-electron chi connectivity index (χ4n) is 1.72. The number of amides is 2. The monoisotopic (exact) mass is 314 g/mol. The molecule has 3 N–H and O–H groups in total. The molecule has 0 aliphatic rings. The maximum absolute atomic E-state index is 12.1. The minimum atomic E-state index is -1.19. The summed E-state index contributed by atoms with van der Waals surface area (Å²) in [5, 5.41) is 13.2. The van der Waals surface area contributed by atoms with Gasteiger partial charge in [-0.3, -0.25) is 14.4 Å². The summed E-state index contributed by atoms with van der Waals surface area (Å²) in [6.07, 6.45) is 2.78. The average Bonchev–Trinajstić information content (AvgIpc) is 3.07. The Balaban J connectivity index is 2.20. The molecular weight excluding hydrogens is 300 g/mol. The largest absolute Gasteiger partial charge is 0.480 e. The third-order valence-electron chi connectivity index (χ3n) is 2.75. The highest BCUT2D eigenvalue weighted by Gasteiger charge is 2.16. The first kappa shape index (κ1) is 16.0. The lowest BCUT2D eigenvalue weighted by Crippen LogP contribution is -2.37. The summed E-state index contributed by atoms with van der Waals surface area (Å²) in [4.78, 5) is 34.6. The number of rotatable bonds is 6. The normalized spacial score (nSPS) is 10.9. The van der Waals surface area contributed by atoms with Crippen molar-refractivity contribution >= 4 is 23.9 Å². The van der Waals surface area contributed by atoms with Crippen LogP contribution in [0.15, 0.2) is 58.8 Å². The van der Waals surface area contributed by atoms with Gasteiger partial charge in [-0.2, -0.15) is 0 Å². The van der Waals surface area contributed by atoms with E-state index in [1.54, 1.807) is 30.3 Å². The maximum Gasteiger partial charge on any atom is 0.322 e. The van der Waals surface area contributed by atoms with E-state index in [9.17, 15) is 14.4 Å². The van der Waals surface area contributed by atoms with E-state index in [0.29, 0.717) is 5.56 Å². The van der Waals surface area contributed by atoms with Gasteiger partial charge in [-0.1, -0.05) is 30.3 Å². The van der Waals surface area contributed by atoms with Crippen LogP contribution in [-0.4, -0.2) is 29.4 Å². The molecule has 0 aliphatic heterocycles. The van der Waals surface area contributed by atoms with Crippen molar-refractivity contribution in [1.29, 1.82) is 0 Å². The zero-order valence-electron chi connectivity index (χ0n) is 12.0. The van der Waals surface area contributed by atoms with Crippen LogP contribution in [0.4, 0.5) is 0 Å². The fourth-order valence-corrected chi connectivity index (χ4v) is 1.72. The van der Waals surface area contributed by atoms with Gasteiger partial charge in [-0.15, -0.1) is 0 Å². The van der Waals surface area contributed by atoms with E-state index in [-0.39, 0.29) is 11.5 Å². The predicted molar refractivity (Wildman–Crippen MR) is 81.2 cm³/mol. The van der Waals surface area contributed by atoms with Gasteiger partial charge in [0, 0.05) is 0 Å². The highest BCUT2D eigenvalue weighted by Crippen LogP contribution is 2.07. The number of carboxylic acid groups (broad SMARTS) is 1. The molecular formula is C16H14N2O5. The maximum atomic E-state index is 12.1. The van der Waals surface area contributed by atoms with Crippen molar-refractivity contribution < 1.29 is 23.9 Å². The molecule has 0 atom stereocenters. The van der Waals surface area contributed by atoms with Crippen LogP contribution < -0.4 is 10.6 Å². The second kappa shape index (κ2) is 7.60. The van der Waals surface area contributed by atoms with E-state index < -0.39 is 24.3 Å². The van der Waals surface area contributed by atoms with Crippen molar-refractivity contribution in [2.75, 3.05) is 6.54 Å². The van der Waals surface area contributed by atoms with Crippen molar-refractivity contribution in [3.63, 3.8) is 0 Å². The van der Waals surface area contributed by atoms with Crippen LogP contribution in [0.1, 0.15) is 16.1 Å². The summed E-state index contributed by atoms with van der Waals surface area (Å²) in [5.74, 6) is -2.47. The zero-order chi connectivity index (χ0) is 16.7. The molecule has 1 heterocycles. The number of benzene rings is 1. The lowest BCUT2D eigenvalue weighted by molar-refractivity contribution is -0.137. The second-order valence-electron chi connectivity index (χ2n) is 4.48. The van der Waals surface area contributed by atoms with Gasteiger partial charge < -0.3 is 20.2 Å². The third kappa shape index (κ3) is 4.85. The minimum absolute atomic E-state index is 0.0370. The van der Waals surface area contributed by atoms with E-state index in [4.69, 9.17) is 9.52 Å². The molecule has 0 bridgehead atoms. The van der Waals surface area contributed by atoms with E-state index in [1.807, 2.05) is 6.07 Å². The Labute approximate surface area is 131 Å². The topological polar surface area (TPSA) is 109 Å². The molecule has 1 aromatic carbocycles. The van der Waals surface area contributed by atoms with Crippen molar-refractivity contribution in [2.24, 2.45) is 0 Å². The van der Waals surface area contributed by atoms with E-state index >= 15 is 0 Å². The quantitative estimate of drug-likeness (QED) is 0.695. The molecule has 23 heavy (non-hydrogen) atoms. The van der Waals surface area contributed by atoms with E-state index in [1.165, 1.54) is 18.4 Å². The van der Waals surface area contributed by atoms with Crippen LogP contribution in [0.2, 0.25) is 0 Å². The van der Waals surface area contributed by atoms with Gasteiger partial charge >= 0.3 is 5.97 Å². The van der Waals surface area contributed by atoms with Gasteiger partial charge in [0.05, 0.1) is 6.26 Å². The Kier molecular flexibility index (Phi) is 5.30. The summed E-state index contributed by atoms with van der Waals surface area (Å²) >= 11 is 0. The lowest BCUT2D eigenvalue weighted by atomic mass is 10.2. The van der Waals surface area contributed by atoms with Crippen LogP contribution in [-0.2, 0) is 9.59 Å². The van der Waals surface area contributed by atoms with Crippen LogP contribution in [0.25, 0.3) is 6.08 Å². The summed E-state index contributed by atoms with van der Waals surface area (Å²) in [5.41, 5.74) is 0.589. The zero-order valence-corrected chi connectivity index (χ0v) is 12.0. The van der Waals surface area contributed by atoms with Crippen molar-refractivity contribution in [1.82, 2.24) is 10.6 Å². The van der Waals surface area contributed by atoms with Gasteiger partial charge in [-0.05, 0) is 23.8 Å². The second-order valence-corrected chi connectivity index (χ2v) is 4.48. The number of furan rings is 1. The Bertz CT molecular complexity index is 720. The molecule has 7 heteroatoms. The first-order valence-electron chi connectivity index (χ1n) is 6.68. The lowest BCUT2D eigenvalue weighted by Gasteiger charge is -2.09. The molecule has 2 rings (SSSR count). The molecule has 0 aliphatic carbocycles. The highest BCUT2D eigenvalue weighted by atomic mass is 16.4. The summed E-state index contributed by atoms with van der Waals surface area (Å²) < 4.78 is 4.96. The number of hydrogen-bond acceptors (Lipinski definition) is 4. The molecule has 0 saturated carbocycles. The van der Waals surface area contributed by atoms with Crippen LogP contribution in [0.3, 0.4) is 0 Å². The third-order valence-corrected chi connectivity index (χ3v) is 2.75. The fraction of sp³-hybridized carbons (Fsp3) is 0.0625. The molecule has 0 fully saturated rings. The molecule has 2 aromatic rings. The molecule has 0 unspecified atom stereocenters. The number of nitrogens with one attached hydrogen (secondary N) is 2. The summed E-state index contributed by atoms with van der Waals surface area (Å²) in [6, 6.07) is 11.8. The van der Waals surface area contributed by atoms with Gasteiger partial charge in [-0.25, -0.2) is 0 Å². The molecule has 0 spiro atoms. The summed E-state index contributed by atoms with van der Waals surface area (Å²) in [6.45, 7) is -0.554. The van der Waals surface area contributed by atoms with Crippen LogP contribution >= 0.6 is 0 Å². The highest BCUT2D eigenvalue weighted by molar-refractivity contribution is 6.04. The molecule has 7 nitrogen and oxygen atoms in total. The standard InChI is InChI=1S/C16H14N2O5/c19-14(20)10-17-15(21)12(9-11-5-2-1-3-6-11)18-16(22)13-7-4-8-23-13/h1-9H,10H2,(H,17,21)(H,18,22)(H,19,20)/b12-9+. The van der Waals surface area contributed by atoms with Crippen LogP contribution in [0.5, 0.6) is 0 Å². The van der Waals surface area contributed by atoms with Crippen molar-refractivity contribution in [3.05, 3.63) is 65.7 Å². The molecule has 2 amide bonds. The van der Waals surface area contributed by atoms with Gasteiger partial charge in [0.1, 0.15) is 12.2 Å². The van der Waals surface area contributed by atoms with Crippen molar-refractivity contribution in [2.45, 2.75) is 0 Å². The Morgan fingerprint density at radius 1 is 1.09 bits per heavy atom. The van der Waals surface area contributed by atoms with E-state index in [2.05, 4.69) is 10.6 Å². The number of aliphatic carboxylic acids is 1. The average molecular weight is 314 g/mol. The number of carbonyl (C=O) groups excluding carboxylic acids is 2. The predicted octanol–water partition coefficient (Wildman–Crippen LogP) is 1.25. The van der Waals surface area contributed by atoms with Crippen LogP contribution in [0, 0.1) is 0 Å². The molecule has 0 radical (unpaired) electrons. The smallest absolute Gasteiger partial charge is 0.322 e. The van der Waals surface area contributed by atoms with Gasteiger partial charge in [0.15, 0.2) is 5.76 Å². The van der Waals surface area contributed by atoms with Gasteiger partial charge in [0.25, 0.3) is 11.8 Å². The van der Waals surface area contributed by atoms with E-state index in [0.717, 1.165) is 0 Å². The van der Waals surface area contributed by atoms with Crippen molar-refractivity contribution in [3.8, 4) is 0 Å². The first-order valence-corrected chi connectivity index (χ1v) is 6.68. The Morgan fingerprint density at radius 2 is 1.83 bits per heavy atom. The Morgan fingerprint density at radius 3 is 2.43 bits per heavy atom. The first-order chi connectivity index (χ1) is 11.1. The number of hydrogen-bond donors (Lipinski definition) is 3. The van der Waals surface area contributed by atoms with Gasteiger partial charge in [0.2, 0.25) is 0 Å². The molecule has 1 aromatic heterocycles. The number of carboxylic acids is 1. The molecule has 0 saturated heterocycles. The minimum Gasteiger partial charge on any atom is -0.480 e. The SMILES string of the molecule is O=C(O)CNC(=O)/C(=C\c1ccccc1)NC(=O)c1ccco1. The Hall–Kier alpha value is -3.35. The summed E-state index contributed by atoms with van der Waals surface area (Å²) in [7, 11) is 0.